The molecule has 3 rings (SSSR count). The first kappa shape index (κ1) is 20.3. The quantitative estimate of drug-likeness (QED) is 0.647. The molecule has 2 saturated heterocycles. The van der Waals surface area contributed by atoms with Crippen molar-refractivity contribution in [3.8, 4) is 0 Å². The molecule has 0 bridgehead atoms. The summed E-state index contributed by atoms with van der Waals surface area (Å²) in [6.07, 6.45) is 0.195. The number of ether oxygens (including phenoxy) is 1. The second-order valence-electron chi connectivity index (χ2n) is 6.73. The van der Waals surface area contributed by atoms with Gasteiger partial charge in [0.2, 0.25) is 5.91 Å². The molecular formula is C19H22N4O6. The monoisotopic (exact) mass is 402 g/mol. The lowest BCUT2D eigenvalue weighted by molar-refractivity contribution is -0.156. The summed E-state index contributed by atoms with van der Waals surface area (Å²) in [6.45, 7) is 2.18. The molecule has 29 heavy (non-hydrogen) atoms. The maximum atomic E-state index is 12.2. The molecule has 2 heterocycles. The number of benzene rings is 1. The average molecular weight is 402 g/mol. The second-order valence-corrected chi connectivity index (χ2v) is 6.73. The van der Waals surface area contributed by atoms with Gasteiger partial charge >= 0.3 is 12.0 Å². The van der Waals surface area contributed by atoms with Crippen LogP contribution in [0.4, 0.5) is 10.5 Å². The van der Waals surface area contributed by atoms with Crippen molar-refractivity contribution in [2.45, 2.75) is 25.9 Å². The van der Waals surface area contributed by atoms with Gasteiger partial charge in [0, 0.05) is 37.3 Å². The highest BCUT2D eigenvalue weighted by Crippen LogP contribution is 2.21. The highest BCUT2D eigenvalue weighted by atomic mass is 16.5. The third-order valence-corrected chi connectivity index (χ3v) is 4.69. The van der Waals surface area contributed by atoms with Crippen LogP contribution >= 0.6 is 0 Å². The number of urea groups is 1. The van der Waals surface area contributed by atoms with Gasteiger partial charge in [-0.3, -0.25) is 24.1 Å². The Labute approximate surface area is 167 Å². The number of hydrogen-bond donors (Lipinski definition) is 2. The molecule has 1 atom stereocenters. The number of carbonyl (C=O) groups excluding carboxylic acids is 5. The van der Waals surface area contributed by atoms with Crippen LogP contribution in [0.2, 0.25) is 0 Å². The standard InChI is InChI=1S/C19H22N4O6/c1-12(18(27)23-10-8-20-19(23)28)29-16(25)11-21-17(26)13-4-6-14(7-5-13)22-9-2-3-15(22)24/h4-7,12H,2-3,8-11H2,1H3,(H,20,28)(H,21,26)/t12-/m0/s1. The zero-order chi connectivity index (χ0) is 21.0. The molecule has 5 amide bonds. The summed E-state index contributed by atoms with van der Waals surface area (Å²) in [6, 6.07) is 5.97. The Morgan fingerprint density at radius 1 is 1.17 bits per heavy atom. The highest BCUT2D eigenvalue weighted by Gasteiger charge is 2.31. The molecule has 0 aliphatic carbocycles. The lowest BCUT2D eigenvalue weighted by Crippen LogP contribution is -2.43. The van der Waals surface area contributed by atoms with Crippen LogP contribution in [-0.4, -0.2) is 66.9 Å². The first-order valence-corrected chi connectivity index (χ1v) is 9.34. The number of carbonyl (C=O) groups is 5. The minimum absolute atomic E-state index is 0.0556. The maximum Gasteiger partial charge on any atom is 0.326 e. The van der Waals surface area contributed by atoms with E-state index in [2.05, 4.69) is 10.6 Å². The van der Waals surface area contributed by atoms with Crippen molar-refractivity contribution in [1.82, 2.24) is 15.5 Å². The van der Waals surface area contributed by atoms with Crippen molar-refractivity contribution in [2.24, 2.45) is 0 Å². The lowest BCUT2D eigenvalue weighted by atomic mass is 10.2. The zero-order valence-corrected chi connectivity index (χ0v) is 16.0. The normalized spacial score (nSPS) is 17.1. The van der Waals surface area contributed by atoms with E-state index in [4.69, 9.17) is 4.74 Å². The van der Waals surface area contributed by atoms with E-state index in [0.29, 0.717) is 25.1 Å². The Hall–Kier alpha value is -3.43. The number of rotatable bonds is 6. The fourth-order valence-corrected chi connectivity index (χ4v) is 3.16. The third kappa shape index (κ3) is 4.71. The van der Waals surface area contributed by atoms with Crippen molar-refractivity contribution in [3.05, 3.63) is 29.8 Å². The molecule has 2 fully saturated rings. The molecular weight excluding hydrogens is 380 g/mol. The molecule has 0 saturated carbocycles. The molecule has 2 aliphatic heterocycles. The Kier molecular flexibility index (Phi) is 6.10. The van der Waals surface area contributed by atoms with Gasteiger partial charge in [-0.05, 0) is 37.6 Å². The number of amides is 5. The van der Waals surface area contributed by atoms with Crippen molar-refractivity contribution >= 4 is 35.4 Å². The van der Waals surface area contributed by atoms with Crippen molar-refractivity contribution < 1.29 is 28.7 Å². The molecule has 2 aliphatic rings. The minimum atomic E-state index is -1.14. The van der Waals surface area contributed by atoms with Crippen LogP contribution in [0, 0.1) is 0 Å². The summed E-state index contributed by atoms with van der Waals surface area (Å²) in [7, 11) is 0. The van der Waals surface area contributed by atoms with E-state index in [1.807, 2.05) is 0 Å². The SMILES string of the molecule is C[C@H](OC(=O)CNC(=O)c1ccc(N2CCCC2=O)cc1)C(=O)N1CCNC1=O. The van der Waals surface area contributed by atoms with Gasteiger partial charge in [-0.1, -0.05) is 0 Å². The smallest absolute Gasteiger partial charge is 0.326 e. The van der Waals surface area contributed by atoms with Crippen LogP contribution in [0.5, 0.6) is 0 Å². The molecule has 1 aromatic carbocycles. The molecule has 0 radical (unpaired) electrons. The second kappa shape index (κ2) is 8.72. The molecule has 0 spiro atoms. The summed E-state index contributed by atoms with van der Waals surface area (Å²) in [4.78, 5) is 62.1. The van der Waals surface area contributed by atoms with Crippen LogP contribution in [0.1, 0.15) is 30.1 Å². The summed E-state index contributed by atoms with van der Waals surface area (Å²) in [5.41, 5.74) is 1.05. The van der Waals surface area contributed by atoms with E-state index in [0.717, 1.165) is 17.0 Å². The Balaban J connectivity index is 1.47. The number of imide groups is 1. The van der Waals surface area contributed by atoms with Crippen molar-refractivity contribution in [3.63, 3.8) is 0 Å². The van der Waals surface area contributed by atoms with Gasteiger partial charge in [0.25, 0.3) is 11.8 Å². The maximum absolute atomic E-state index is 12.2. The fraction of sp³-hybridized carbons (Fsp3) is 0.421. The predicted octanol–water partition coefficient (Wildman–Crippen LogP) is 0.0267. The van der Waals surface area contributed by atoms with E-state index in [1.165, 1.54) is 6.92 Å². The van der Waals surface area contributed by atoms with E-state index >= 15 is 0 Å². The largest absolute Gasteiger partial charge is 0.451 e. The summed E-state index contributed by atoms with van der Waals surface area (Å²) < 4.78 is 4.99. The van der Waals surface area contributed by atoms with E-state index in [9.17, 15) is 24.0 Å². The molecule has 154 valence electrons. The third-order valence-electron chi connectivity index (χ3n) is 4.69. The van der Waals surface area contributed by atoms with E-state index < -0.39 is 36.5 Å². The summed E-state index contributed by atoms with van der Waals surface area (Å²) in [5, 5.41) is 4.91. The van der Waals surface area contributed by atoms with Crippen LogP contribution in [-0.2, 0) is 19.1 Å². The number of nitrogens with one attached hydrogen (secondary N) is 2. The van der Waals surface area contributed by atoms with Crippen LogP contribution in [0.15, 0.2) is 24.3 Å². The first-order chi connectivity index (χ1) is 13.9. The van der Waals surface area contributed by atoms with Crippen molar-refractivity contribution in [2.75, 3.05) is 31.1 Å². The number of hydrogen-bond acceptors (Lipinski definition) is 6. The minimum Gasteiger partial charge on any atom is -0.451 e. The van der Waals surface area contributed by atoms with Gasteiger partial charge in [0.1, 0.15) is 6.54 Å². The van der Waals surface area contributed by atoms with Gasteiger partial charge in [-0.2, -0.15) is 0 Å². The predicted molar refractivity (Wildman–Crippen MR) is 101 cm³/mol. The van der Waals surface area contributed by atoms with Gasteiger partial charge in [0.05, 0.1) is 0 Å². The lowest BCUT2D eigenvalue weighted by Gasteiger charge is -2.18. The average Bonchev–Trinajstić information content (AvgIpc) is 3.33. The van der Waals surface area contributed by atoms with Crippen molar-refractivity contribution in [1.29, 1.82) is 0 Å². The number of nitrogens with zero attached hydrogens (tertiary/aromatic N) is 2. The molecule has 0 aromatic heterocycles. The molecule has 0 unspecified atom stereocenters. The number of anilines is 1. The van der Waals surface area contributed by atoms with E-state index in [-0.39, 0.29) is 12.5 Å². The Bertz CT molecular complexity index is 838. The molecule has 1 aromatic rings. The topological polar surface area (TPSA) is 125 Å². The zero-order valence-electron chi connectivity index (χ0n) is 16.0. The molecule has 10 heteroatoms. The first-order valence-electron chi connectivity index (χ1n) is 9.34. The van der Waals surface area contributed by atoms with Gasteiger partial charge in [0.15, 0.2) is 6.10 Å². The van der Waals surface area contributed by atoms with Crippen LogP contribution in [0.3, 0.4) is 0 Å². The van der Waals surface area contributed by atoms with Crippen LogP contribution < -0.4 is 15.5 Å². The summed E-state index contributed by atoms with van der Waals surface area (Å²) >= 11 is 0. The van der Waals surface area contributed by atoms with Gasteiger partial charge < -0.3 is 20.3 Å². The highest BCUT2D eigenvalue weighted by molar-refractivity contribution is 6.00. The van der Waals surface area contributed by atoms with Crippen LogP contribution in [0.25, 0.3) is 0 Å². The van der Waals surface area contributed by atoms with Gasteiger partial charge in [-0.25, -0.2) is 4.79 Å². The van der Waals surface area contributed by atoms with E-state index in [1.54, 1.807) is 29.2 Å². The Morgan fingerprint density at radius 3 is 2.48 bits per heavy atom. The molecule has 10 nitrogen and oxygen atoms in total. The summed E-state index contributed by atoms with van der Waals surface area (Å²) in [5.74, 6) is -1.84. The Morgan fingerprint density at radius 2 is 1.90 bits per heavy atom. The number of esters is 1. The molecule has 2 N–H and O–H groups in total. The van der Waals surface area contributed by atoms with Gasteiger partial charge in [-0.15, -0.1) is 0 Å². The fourth-order valence-electron chi connectivity index (χ4n) is 3.16.